The van der Waals surface area contributed by atoms with Gasteiger partial charge in [0.1, 0.15) is 0 Å². The molecule has 0 atom stereocenters. The second-order valence-electron chi connectivity index (χ2n) is 2.19. The minimum absolute atomic E-state index is 0.0556. The van der Waals surface area contributed by atoms with Crippen molar-refractivity contribution in [3.8, 4) is 0 Å². The van der Waals surface area contributed by atoms with Gasteiger partial charge < -0.3 is 0 Å². The molecule has 0 aromatic carbocycles. The first-order valence-corrected chi connectivity index (χ1v) is 4.49. The summed E-state index contributed by atoms with van der Waals surface area (Å²) in [5, 5.41) is 7.05. The molecule has 5 nitrogen and oxygen atoms in total. The Hall–Kier alpha value is -1.01. The fraction of sp³-hybridized carbons (Fsp3) is 0.200. The lowest BCUT2D eigenvalue weighted by atomic mass is 10.3. The van der Waals surface area contributed by atoms with E-state index in [0.29, 0.717) is 12.1 Å². The smallest absolute Gasteiger partial charge is 0.205 e. The van der Waals surface area contributed by atoms with E-state index in [1.807, 2.05) is 0 Å². The molecule has 0 aliphatic carbocycles. The summed E-state index contributed by atoms with van der Waals surface area (Å²) in [6, 6.07) is 1.64. The van der Waals surface area contributed by atoms with Crippen molar-refractivity contribution >= 4 is 10.0 Å². The zero-order chi connectivity index (χ0) is 7.90. The van der Waals surface area contributed by atoms with Crippen molar-refractivity contribution in [3.05, 3.63) is 17.8 Å². The molecule has 1 N–H and O–H groups in total. The average molecular weight is 171 g/mol. The van der Waals surface area contributed by atoms with E-state index in [-0.39, 0.29) is 5.03 Å². The molecule has 1 aliphatic heterocycles. The van der Waals surface area contributed by atoms with Crippen molar-refractivity contribution in [3.63, 3.8) is 0 Å². The molecule has 0 bridgehead atoms. The van der Waals surface area contributed by atoms with Crippen LogP contribution in [0.3, 0.4) is 0 Å². The van der Waals surface area contributed by atoms with E-state index in [0.717, 1.165) is 0 Å². The Kier molecular flexibility index (Phi) is 1.21. The van der Waals surface area contributed by atoms with Crippen molar-refractivity contribution in [2.45, 2.75) is 11.6 Å². The van der Waals surface area contributed by atoms with Gasteiger partial charge in [-0.3, -0.25) is 0 Å². The minimum atomic E-state index is -3.33. The topological polar surface area (TPSA) is 72.0 Å². The van der Waals surface area contributed by atoms with Crippen molar-refractivity contribution in [1.82, 2.24) is 14.9 Å². The Morgan fingerprint density at radius 3 is 3.09 bits per heavy atom. The molecule has 0 saturated heterocycles. The number of fused-ring (bicyclic) bond motifs is 1. The molecule has 1 aromatic heterocycles. The lowest BCUT2D eigenvalue weighted by Gasteiger charge is -1.90. The minimum Gasteiger partial charge on any atom is -0.205 e. The molecular formula is C5H5N3O2S. The summed E-state index contributed by atoms with van der Waals surface area (Å²) in [5.74, 6) is 0. The molecule has 0 radical (unpaired) electrons. The standard InChI is InChI=1S/C5H5N3O2S/c9-11(10)5-4(3-7-11)1-2-6-8-5/h1-2,7H,3H2. The van der Waals surface area contributed by atoms with Crippen molar-refractivity contribution in [2.75, 3.05) is 0 Å². The Morgan fingerprint density at radius 1 is 1.55 bits per heavy atom. The van der Waals surface area contributed by atoms with Crippen LogP contribution in [0.1, 0.15) is 5.56 Å². The first-order valence-electron chi connectivity index (χ1n) is 3.00. The maximum atomic E-state index is 11.0. The van der Waals surface area contributed by atoms with Gasteiger partial charge in [-0.25, -0.2) is 13.1 Å². The summed E-state index contributed by atoms with van der Waals surface area (Å²) in [6.07, 6.45) is 1.47. The monoisotopic (exact) mass is 171 g/mol. The molecule has 0 fully saturated rings. The Bertz CT molecular complexity index is 386. The van der Waals surface area contributed by atoms with Gasteiger partial charge in [0.15, 0.2) is 5.03 Å². The third-order valence-corrected chi connectivity index (χ3v) is 2.85. The predicted molar refractivity (Wildman–Crippen MR) is 36.1 cm³/mol. The van der Waals surface area contributed by atoms with Crippen LogP contribution in [0, 0.1) is 0 Å². The molecule has 1 aromatic rings. The van der Waals surface area contributed by atoms with Crippen LogP contribution in [-0.4, -0.2) is 18.6 Å². The molecule has 1 aliphatic rings. The number of sulfonamides is 1. The molecular weight excluding hydrogens is 166 g/mol. The summed E-state index contributed by atoms with van der Waals surface area (Å²) < 4.78 is 24.4. The highest BCUT2D eigenvalue weighted by atomic mass is 32.2. The van der Waals surface area contributed by atoms with Crippen LogP contribution < -0.4 is 4.72 Å². The van der Waals surface area contributed by atoms with Crippen LogP contribution in [0.2, 0.25) is 0 Å². The van der Waals surface area contributed by atoms with Gasteiger partial charge in [-0.15, -0.1) is 5.10 Å². The first-order chi connectivity index (χ1) is 5.20. The van der Waals surface area contributed by atoms with E-state index < -0.39 is 10.0 Å². The Morgan fingerprint density at radius 2 is 2.36 bits per heavy atom. The number of nitrogens with one attached hydrogen (secondary N) is 1. The van der Waals surface area contributed by atoms with Gasteiger partial charge in [0.25, 0.3) is 10.0 Å². The van der Waals surface area contributed by atoms with E-state index in [1.165, 1.54) is 6.20 Å². The fourth-order valence-electron chi connectivity index (χ4n) is 0.947. The average Bonchev–Trinajstić information content (AvgIpc) is 2.29. The predicted octanol–water partition coefficient (Wildman–Crippen LogP) is -0.732. The van der Waals surface area contributed by atoms with Crippen LogP contribution in [0.5, 0.6) is 0 Å². The third kappa shape index (κ3) is 0.908. The highest BCUT2D eigenvalue weighted by Gasteiger charge is 2.26. The number of nitrogens with zero attached hydrogens (tertiary/aromatic N) is 2. The van der Waals surface area contributed by atoms with Crippen LogP contribution >= 0.6 is 0 Å². The van der Waals surface area contributed by atoms with Gasteiger partial charge in [-0.2, -0.15) is 5.10 Å². The highest BCUT2D eigenvalue weighted by molar-refractivity contribution is 7.89. The van der Waals surface area contributed by atoms with Crippen LogP contribution in [0.15, 0.2) is 17.3 Å². The molecule has 2 heterocycles. The Labute approximate surface area is 63.5 Å². The zero-order valence-electron chi connectivity index (χ0n) is 5.48. The van der Waals surface area contributed by atoms with Gasteiger partial charge in [0, 0.05) is 18.3 Å². The summed E-state index contributed by atoms with van der Waals surface area (Å²) in [5.41, 5.74) is 0.681. The summed E-state index contributed by atoms with van der Waals surface area (Å²) in [7, 11) is -3.33. The van der Waals surface area contributed by atoms with Gasteiger partial charge in [-0.1, -0.05) is 0 Å². The largest absolute Gasteiger partial charge is 0.260 e. The SMILES string of the molecule is O=S1(=O)NCc2ccnnc21. The second-order valence-corrected chi connectivity index (χ2v) is 3.87. The lowest BCUT2D eigenvalue weighted by molar-refractivity contribution is 0.585. The molecule has 11 heavy (non-hydrogen) atoms. The van der Waals surface area contributed by atoms with Crippen molar-refractivity contribution in [1.29, 1.82) is 0 Å². The normalized spacial score (nSPS) is 19.6. The fourth-order valence-corrected chi connectivity index (χ4v) is 2.07. The molecule has 0 unspecified atom stereocenters. The van der Waals surface area contributed by atoms with Gasteiger partial charge >= 0.3 is 0 Å². The van der Waals surface area contributed by atoms with E-state index >= 15 is 0 Å². The molecule has 2 rings (SSSR count). The number of hydrogen-bond acceptors (Lipinski definition) is 4. The van der Waals surface area contributed by atoms with E-state index in [1.54, 1.807) is 6.07 Å². The first kappa shape index (κ1) is 6.68. The molecule has 0 spiro atoms. The highest BCUT2D eigenvalue weighted by Crippen LogP contribution is 2.16. The van der Waals surface area contributed by atoms with Crippen LogP contribution in [0.4, 0.5) is 0 Å². The van der Waals surface area contributed by atoms with Gasteiger partial charge in [0.2, 0.25) is 0 Å². The van der Waals surface area contributed by atoms with Crippen LogP contribution in [-0.2, 0) is 16.6 Å². The molecule has 6 heteroatoms. The second kappa shape index (κ2) is 1.99. The maximum absolute atomic E-state index is 11.0. The quantitative estimate of drug-likeness (QED) is 0.558. The zero-order valence-corrected chi connectivity index (χ0v) is 6.30. The van der Waals surface area contributed by atoms with Crippen LogP contribution in [0.25, 0.3) is 0 Å². The number of aromatic nitrogens is 2. The van der Waals surface area contributed by atoms with Crippen molar-refractivity contribution in [2.24, 2.45) is 0 Å². The number of rotatable bonds is 0. The lowest BCUT2D eigenvalue weighted by Crippen LogP contribution is -2.14. The van der Waals surface area contributed by atoms with E-state index in [4.69, 9.17) is 0 Å². The number of hydrogen-bond donors (Lipinski definition) is 1. The van der Waals surface area contributed by atoms with Gasteiger partial charge in [-0.05, 0) is 6.07 Å². The molecule has 58 valence electrons. The van der Waals surface area contributed by atoms with Crippen molar-refractivity contribution < 1.29 is 8.42 Å². The van der Waals surface area contributed by atoms with E-state index in [2.05, 4.69) is 14.9 Å². The summed E-state index contributed by atoms with van der Waals surface area (Å²) in [4.78, 5) is 0. The molecule has 0 saturated carbocycles. The van der Waals surface area contributed by atoms with E-state index in [9.17, 15) is 8.42 Å². The summed E-state index contributed by atoms with van der Waals surface area (Å²) in [6.45, 7) is 0.327. The summed E-state index contributed by atoms with van der Waals surface area (Å²) >= 11 is 0. The Balaban J connectivity index is 2.75. The van der Waals surface area contributed by atoms with Gasteiger partial charge in [0.05, 0.1) is 0 Å². The molecule has 0 amide bonds. The maximum Gasteiger partial charge on any atom is 0.260 e. The third-order valence-electron chi connectivity index (χ3n) is 1.47.